The number of nitrogens with zero attached hydrogens (tertiary/aromatic N) is 4. The van der Waals surface area contributed by atoms with Crippen LogP contribution >= 0.6 is 0 Å². The lowest BCUT2D eigenvalue weighted by Gasteiger charge is -2.38. The number of methoxy groups -OCH3 is 1. The molecule has 2 aromatic rings. The summed E-state index contributed by atoms with van der Waals surface area (Å²) in [5.41, 5.74) is 1.08. The molecule has 1 aliphatic rings. The van der Waals surface area contributed by atoms with Gasteiger partial charge in [0, 0.05) is 37.9 Å². The van der Waals surface area contributed by atoms with Crippen LogP contribution in [0.25, 0.3) is 0 Å². The van der Waals surface area contributed by atoms with E-state index in [-0.39, 0.29) is 29.6 Å². The lowest BCUT2D eigenvalue weighted by atomic mass is 10.0. The van der Waals surface area contributed by atoms with Crippen molar-refractivity contribution in [3.63, 3.8) is 0 Å². The molecular formula is C21H28FN5O2. The highest BCUT2D eigenvalue weighted by Crippen LogP contribution is 2.26. The van der Waals surface area contributed by atoms with Crippen LogP contribution in [0.2, 0.25) is 0 Å². The summed E-state index contributed by atoms with van der Waals surface area (Å²) < 4.78 is 20.1. The fraction of sp³-hybridized carbons (Fsp3) is 0.476. The van der Waals surface area contributed by atoms with Crippen LogP contribution in [0.15, 0.2) is 30.6 Å². The summed E-state index contributed by atoms with van der Waals surface area (Å²) in [7, 11) is 3.41. The Labute approximate surface area is 170 Å². The third-order valence-corrected chi connectivity index (χ3v) is 5.23. The Morgan fingerprint density at radius 2 is 2.17 bits per heavy atom. The number of rotatable bonds is 5. The van der Waals surface area contributed by atoms with Gasteiger partial charge in [-0.05, 0) is 30.9 Å². The van der Waals surface area contributed by atoms with Crippen LogP contribution in [-0.4, -0.2) is 54.2 Å². The number of carbonyl (C=O) groups is 1. The molecule has 2 heterocycles. The van der Waals surface area contributed by atoms with E-state index in [0.29, 0.717) is 30.2 Å². The minimum absolute atomic E-state index is 0.0239. The number of aromatic nitrogens is 2. The van der Waals surface area contributed by atoms with Gasteiger partial charge in [-0.2, -0.15) is 0 Å². The first-order chi connectivity index (χ1) is 13.9. The van der Waals surface area contributed by atoms with Crippen molar-refractivity contribution >= 4 is 17.5 Å². The summed E-state index contributed by atoms with van der Waals surface area (Å²) in [5, 5.41) is 2.91. The predicted octanol–water partition coefficient (Wildman–Crippen LogP) is 3.88. The second-order valence-corrected chi connectivity index (χ2v) is 7.57. The Morgan fingerprint density at radius 1 is 1.38 bits per heavy atom. The topological polar surface area (TPSA) is 70.6 Å². The van der Waals surface area contributed by atoms with Crippen LogP contribution in [0, 0.1) is 5.82 Å². The maximum atomic E-state index is 14.9. The lowest BCUT2D eigenvalue weighted by Crippen LogP contribution is -2.50. The number of piperidine rings is 1. The number of ether oxygens (including phenoxy) is 1. The molecule has 156 valence electrons. The maximum Gasteiger partial charge on any atom is 0.321 e. The quantitative estimate of drug-likeness (QED) is 0.823. The Morgan fingerprint density at radius 3 is 2.90 bits per heavy atom. The van der Waals surface area contributed by atoms with E-state index >= 15 is 0 Å². The molecule has 1 aliphatic heterocycles. The molecule has 1 aromatic heterocycles. The minimum atomic E-state index is -0.386. The van der Waals surface area contributed by atoms with Gasteiger partial charge < -0.3 is 19.9 Å². The molecular weight excluding hydrogens is 373 g/mol. The number of likely N-dealkylation sites (N-methyl/N-ethyl adjacent to an activating group) is 1. The molecule has 1 saturated heterocycles. The number of halogens is 1. The molecule has 1 fully saturated rings. The average Bonchev–Trinajstić information content (AvgIpc) is 2.73. The number of urea groups is 1. The zero-order chi connectivity index (χ0) is 21.0. The first kappa shape index (κ1) is 20.8. The molecule has 3 rings (SSSR count). The third kappa shape index (κ3) is 4.75. The van der Waals surface area contributed by atoms with Gasteiger partial charge in [-0.1, -0.05) is 19.9 Å². The number of carbonyl (C=O) groups excluding carboxylic acids is 1. The van der Waals surface area contributed by atoms with E-state index in [1.807, 2.05) is 44.0 Å². The van der Waals surface area contributed by atoms with E-state index in [1.165, 1.54) is 6.33 Å². The number of amides is 2. The highest BCUT2D eigenvalue weighted by Gasteiger charge is 2.29. The zero-order valence-corrected chi connectivity index (χ0v) is 17.4. The van der Waals surface area contributed by atoms with Crippen LogP contribution < -0.4 is 15.0 Å². The van der Waals surface area contributed by atoms with Gasteiger partial charge in [0.25, 0.3) is 0 Å². The van der Waals surface area contributed by atoms with E-state index in [2.05, 4.69) is 15.3 Å². The molecule has 8 heteroatoms. The second kappa shape index (κ2) is 9.07. The minimum Gasteiger partial charge on any atom is -0.497 e. The van der Waals surface area contributed by atoms with Crippen LogP contribution in [-0.2, 0) is 0 Å². The van der Waals surface area contributed by atoms with Crippen molar-refractivity contribution in [2.75, 3.05) is 37.5 Å². The normalized spacial score (nSPS) is 16.6. The van der Waals surface area contributed by atoms with E-state index in [0.717, 1.165) is 12.8 Å². The van der Waals surface area contributed by atoms with Gasteiger partial charge in [0.2, 0.25) is 0 Å². The van der Waals surface area contributed by atoms with Crippen molar-refractivity contribution in [3.8, 4) is 5.75 Å². The van der Waals surface area contributed by atoms with Crippen molar-refractivity contribution in [3.05, 3.63) is 42.1 Å². The Bertz CT molecular complexity index is 861. The second-order valence-electron chi connectivity index (χ2n) is 7.57. The molecule has 0 aliphatic carbocycles. The molecule has 29 heavy (non-hydrogen) atoms. The summed E-state index contributed by atoms with van der Waals surface area (Å²) in [5.74, 6) is 0.549. The standard InChI is InChI=1S/C21H28FN5O2/c1-14(2)19-18(22)20(24-13-23-19)26(3)16-8-6-10-27(12-16)21(28)25-15-7-5-9-17(11-15)29-4/h5,7,9,11,13-14,16H,6,8,10,12H2,1-4H3,(H,25,28). The summed E-state index contributed by atoms with van der Waals surface area (Å²) in [6, 6.07) is 7.04. The molecule has 0 saturated carbocycles. The van der Waals surface area contributed by atoms with Crippen molar-refractivity contribution in [1.82, 2.24) is 14.9 Å². The number of benzene rings is 1. The third-order valence-electron chi connectivity index (χ3n) is 5.23. The molecule has 1 atom stereocenters. The zero-order valence-electron chi connectivity index (χ0n) is 17.4. The van der Waals surface area contributed by atoms with Crippen LogP contribution in [0.1, 0.15) is 38.3 Å². The number of anilines is 2. The number of hydrogen-bond acceptors (Lipinski definition) is 5. The summed E-state index contributed by atoms with van der Waals surface area (Å²) in [6.07, 6.45) is 3.10. The van der Waals surface area contributed by atoms with Crippen molar-refractivity contribution in [2.24, 2.45) is 0 Å². The highest BCUT2D eigenvalue weighted by molar-refractivity contribution is 5.89. The van der Waals surface area contributed by atoms with E-state index in [1.54, 1.807) is 18.1 Å². The first-order valence-corrected chi connectivity index (χ1v) is 9.84. The first-order valence-electron chi connectivity index (χ1n) is 9.84. The van der Waals surface area contributed by atoms with Crippen molar-refractivity contribution in [2.45, 2.75) is 38.6 Å². The maximum absolute atomic E-state index is 14.9. The lowest BCUT2D eigenvalue weighted by molar-refractivity contribution is 0.192. The van der Waals surface area contributed by atoms with Gasteiger partial charge in [-0.3, -0.25) is 0 Å². The van der Waals surface area contributed by atoms with E-state index in [4.69, 9.17) is 4.74 Å². The monoisotopic (exact) mass is 401 g/mol. The van der Waals surface area contributed by atoms with Crippen LogP contribution in [0.3, 0.4) is 0 Å². The van der Waals surface area contributed by atoms with Crippen LogP contribution in [0.4, 0.5) is 20.7 Å². The number of likely N-dealkylation sites (tertiary alicyclic amines) is 1. The Balaban J connectivity index is 1.70. The van der Waals surface area contributed by atoms with Crippen molar-refractivity contribution in [1.29, 1.82) is 0 Å². The predicted molar refractivity (Wildman–Crippen MR) is 111 cm³/mol. The average molecular weight is 401 g/mol. The molecule has 0 spiro atoms. The molecule has 1 N–H and O–H groups in total. The van der Waals surface area contributed by atoms with Gasteiger partial charge >= 0.3 is 6.03 Å². The fourth-order valence-electron chi connectivity index (χ4n) is 3.55. The molecule has 7 nitrogen and oxygen atoms in total. The van der Waals surface area contributed by atoms with E-state index in [9.17, 15) is 9.18 Å². The molecule has 0 bridgehead atoms. The Kier molecular flexibility index (Phi) is 6.51. The van der Waals surface area contributed by atoms with Gasteiger partial charge in [0.05, 0.1) is 12.8 Å². The van der Waals surface area contributed by atoms with Gasteiger partial charge in [0.1, 0.15) is 12.1 Å². The highest BCUT2D eigenvalue weighted by atomic mass is 19.1. The SMILES string of the molecule is COc1cccc(NC(=O)N2CCCC(N(C)c3ncnc(C(C)C)c3F)C2)c1. The molecule has 2 amide bonds. The number of hydrogen-bond donors (Lipinski definition) is 1. The van der Waals surface area contributed by atoms with E-state index < -0.39 is 0 Å². The molecule has 0 radical (unpaired) electrons. The van der Waals surface area contributed by atoms with Gasteiger partial charge in [-0.15, -0.1) is 0 Å². The van der Waals surface area contributed by atoms with Gasteiger partial charge in [0.15, 0.2) is 11.6 Å². The Hall–Kier alpha value is -2.90. The molecule has 1 unspecified atom stereocenters. The van der Waals surface area contributed by atoms with Crippen LogP contribution in [0.5, 0.6) is 5.75 Å². The molecule has 1 aromatic carbocycles. The van der Waals surface area contributed by atoms with Gasteiger partial charge in [-0.25, -0.2) is 19.2 Å². The number of nitrogens with one attached hydrogen (secondary N) is 1. The summed E-state index contributed by atoms with van der Waals surface area (Å²) >= 11 is 0. The fourth-order valence-corrected chi connectivity index (χ4v) is 3.55. The smallest absolute Gasteiger partial charge is 0.321 e. The largest absolute Gasteiger partial charge is 0.497 e. The van der Waals surface area contributed by atoms with Crippen molar-refractivity contribution < 1.29 is 13.9 Å². The summed E-state index contributed by atoms with van der Waals surface area (Å²) in [4.78, 5) is 24.6. The summed E-state index contributed by atoms with van der Waals surface area (Å²) in [6.45, 7) is 4.96.